The van der Waals surface area contributed by atoms with Crippen LogP contribution in [0.4, 0.5) is 0 Å². The van der Waals surface area contributed by atoms with Gasteiger partial charge in [0.05, 0.1) is 0 Å². The van der Waals surface area contributed by atoms with E-state index in [1.807, 2.05) is 13.8 Å². The fourth-order valence-corrected chi connectivity index (χ4v) is 1.96. The molecule has 0 rings (SSSR count). The summed E-state index contributed by atoms with van der Waals surface area (Å²) in [6, 6.07) is -0.00803. The molecule has 0 saturated heterocycles. The molecule has 0 bridgehead atoms. The molecule has 5 nitrogen and oxygen atoms in total. The summed E-state index contributed by atoms with van der Waals surface area (Å²) in [5.74, 6) is -1.05. The van der Waals surface area contributed by atoms with Crippen LogP contribution >= 0.6 is 0 Å². The Balaban J connectivity index is 4.34. The van der Waals surface area contributed by atoms with E-state index in [0.29, 0.717) is 0 Å². The largest absolute Gasteiger partial charge is 0.459 e. The Morgan fingerprint density at radius 3 is 2.11 bits per heavy atom. The van der Waals surface area contributed by atoms with E-state index in [1.54, 1.807) is 20.8 Å². The minimum Gasteiger partial charge on any atom is -0.459 e. The molecule has 0 aliphatic carbocycles. The van der Waals surface area contributed by atoms with Gasteiger partial charge in [-0.2, -0.15) is 0 Å². The Bertz CT molecular complexity index is 333. The lowest BCUT2D eigenvalue weighted by molar-refractivity contribution is -0.153. The number of amides is 1. The molecule has 0 spiro atoms. The summed E-state index contributed by atoms with van der Waals surface area (Å²) in [7, 11) is -1.56. The summed E-state index contributed by atoms with van der Waals surface area (Å²) < 4.78 is 16.9. The number of carbonyl (C=O) groups excluding carboxylic acids is 2. The van der Waals surface area contributed by atoms with Gasteiger partial charge in [-0.25, -0.2) is 0 Å². The molecular weight excluding hydrogens is 254 g/mol. The molecule has 2 unspecified atom stereocenters. The molecule has 6 heteroatoms. The van der Waals surface area contributed by atoms with Crippen LogP contribution in [-0.4, -0.2) is 38.7 Å². The van der Waals surface area contributed by atoms with Crippen LogP contribution in [0.15, 0.2) is 0 Å². The predicted molar refractivity (Wildman–Crippen MR) is 71.6 cm³/mol. The van der Waals surface area contributed by atoms with E-state index in [9.17, 15) is 13.8 Å². The highest BCUT2D eigenvalue weighted by atomic mass is 32.2. The molecule has 0 aromatic heterocycles. The molecule has 0 heterocycles. The third-order valence-electron chi connectivity index (χ3n) is 1.86. The maximum absolute atomic E-state index is 11.8. The molecule has 18 heavy (non-hydrogen) atoms. The molecule has 0 radical (unpaired) electrons. The van der Waals surface area contributed by atoms with E-state index in [4.69, 9.17) is 4.74 Å². The number of rotatable bonds is 5. The lowest BCUT2D eigenvalue weighted by atomic mass is 10.2. The zero-order valence-electron chi connectivity index (χ0n) is 11.9. The Labute approximate surface area is 111 Å². The molecule has 1 N–H and O–H groups in total. The van der Waals surface area contributed by atoms with E-state index in [2.05, 4.69) is 5.32 Å². The van der Waals surface area contributed by atoms with Crippen molar-refractivity contribution in [2.75, 3.05) is 5.75 Å². The van der Waals surface area contributed by atoms with Crippen molar-refractivity contribution in [3.8, 4) is 0 Å². The Kier molecular flexibility index (Phi) is 6.52. The SMILES string of the molecule is CC(C)NC(=O)CS(=O)C(C)C(=O)OC(C)(C)C. The molecule has 106 valence electrons. The van der Waals surface area contributed by atoms with Gasteiger partial charge in [-0.1, -0.05) is 0 Å². The first-order valence-electron chi connectivity index (χ1n) is 5.92. The van der Waals surface area contributed by atoms with Crippen LogP contribution in [0.5, 0.6) is 0 Å². The number of carbonyl (C=O) groups is 2. The highest BCUT2D eigenvalue weighted by Crippen LogP contribution is 2.10. The summed E-state index contributed by atoms with van der Waals surface area (Å²) in [4.78, 5) is 23.1. The highest BCUT2D eigenvalue weighted by Gasteiger charge is 2.27. The van der Waals surface area contributed by atoms with Crippen molar-refractivity contribution in [1.82, 2.24) is 5.32 Å². The van der Waals surface area contributed by atoms with Gasteiger partial charge in [-0.05, 0) is 41.5 Å². The molecule has 0 aliphatic heterocycles. The lowest BCUT2D eigenvalue weighted by Crippen LogP contribution is -2.38. The molecule has 0 saturated carbocycles. The third kappa shape index (κ3) is 7.42. The monoisotopic (exact) mass is 277 g/mol. The number of ether oxygens (including phenoxy) is 1. The fraction of sp³-hybridized carbons (Fsp3) is 0.833. The molecule has 0 fully saturated rings. The molecule has 0 aliphatic rings. The van der Waals surface area contributed by atoms with Crippen LogP contribution in [0, 0.1) is 0 Å². The topological polar surface area (TPSA) is 72.5 Å². The van der Waals surface area contributed by atoms with Gasteiger partial charge in [0, 0.05) is 16.8 Å². The van der Waals surface area contributed by atoms with Gasteiger partial charge in [0.1, 0.15) is 16.6 Å². The predicted octanol–water partition coefficient (Wildman–Crippen LogP) is 0.990. The first kappa shape index (κ1) is 17.1. The summed E-state index contributed by atoms with van der Waals surface area (Å²) in [6.45, 7) is 10.4. The zero-order chi connectivity index (χ0) is 14.5. The number of esters is 1. The zero-order valence-corrected chi connectivity index (χ0v) is 12.7. The number of hydrogen-bond acceptors (Lipinski definition) is 4. The van der Waals surface area contributed by atoms with Gasteiger partial charge in [0.2, 0.25) is 5.91 Å². The number of hydrogen-bond donors (Lipinski definition) is 1. The van der Waals surface area contributed by atoms with Gasteiger partial charge >= 0.3 is 5.97 Å². The Morgan fingerprint density at radius 2 is 1.72 bits per heavy atom. The minimum absolute atomic E-state index is 0.00803. The van der Waals surface area contributed by atoms with Crippen molar-refractivity contribution in [3.05, 3.63) is 0 Å². The second-order valence-corrected chi connectivity index (χ2v) is 7.18. The van der Waals surface area contributed by atoms with E-state index in [-0.39, 0.29) is 17.7 Å². The smallest absolute Gasteiger partial charge is 0.321 e. The van der Waals surface area contributed by atoms with Crippen LogP contribution in [0.3, 0.4) is 0 Å². The standard InChI is InChI=1S/C12H23NO4S/c1-8(2)13-10(14)7-18(16)9(3)11(15)17-12(4,5)6/h8-9H,7H2,1-6H3,(H,13,14). The first-order valence-corrected chi connectivity index (χ1v) is 7.30. The van der Waals surface area contributed by atoms with Crippen molar-refractivity contribution in [2.45, 2.75) is 58.4 Å². The highest BCUT2D eigenvalue weighted by molar-refractivity contribution is 7.87. The first-order chi connectivity index (χ1) is 8.03. The quantitative estimate of drug-likeness (QED) is 0.761. The Hall–Kier alpha value is -0.910. The van der Waals surface area contributed by atoms with Crippen LogP contribution in [0.25, 0.3) is 0 Å². The molecule has 1 amide bonds. The van der Waals surface area contributed by atoms with Crippen molar-refractivity contribution in [2.24, 2.45) is 0 Å². The van der Waals surface area contributed by atoms with Crippen LogP contribution in [0.2, 0.25) is 0 Å². The van der Waals surface area contributed by atoms with Gasteiger partial charge in [-0.3, -0.25) is 13.8 Å². The maximum Gasteiger partial charge on any atom is 0.321 e. The van der Waals surface area contributed by atoms with E-state index in [1.165, 1.54) is 6.92 Å². The van der Waals surface area contributed by atoms with Crippen LogP contribution in [-0.2, 0) is 25.1 Å². The van der Waals surface area contributed by atoms with Gasteiger partial charge < -0.3 is 10.1 Å². The van der Waals surface area contributed by atoms with Gasteiger partial charge in [0.25, 0.3) is 0 Å². The second kappa shape index (κ2) is 6.87. The van der Waals surface area contributed by atoms with Gasteiger partial charge in [-0.15, -0.1) is 0 Å². The van der Waals surface area contributed by atoms with Crippen molar-refractivity contribution < 1.29 is 18.5 Å². The van der Waals surface area contributed by atoms with E-state index >= 15 is 0 Å². The van der Waals surface area contributed by atoms with E-state index in [0.717, 1.165) is 0 Å². The third-order valence-corrected chi connectivity index (χ3v) is 3.38. The average Bonchev–Trinajstić information content (AvgIpc) is 2.11. The normalized spacial score (nSPS) is 15.1. The Morgan fingerprint density at radius 1 is 1.22 bits per heavy atom. The average molecular weight is 277 g/mol. The summed E-state index contributed by atoms with van der Waals surface area (Å²) in [5.41, 5.74) is -0.615. The van der Waals surface area contributed by atoms with Crippen LogP contribution < -0.4 is 5.32 Å². The van der Waals surface area contributed by atoms with Gasteiger partial charge in [0.15, 0.2) is 0 Å². The minimum atomic E-state index is -1.56. The second-order valence-electron chi connectivity index (χ2n) is 5.42. The molecule has 0 aromatic carbocycles. The maximum atomic E-state index is 11.8. The molecule has 2 atom stereocenters. The van der Waals surface area contributed by atoms with Crippen molar-refractivity contribution >= 4 is 22.7 Å². The van der Waals surface area contributed by atoms with Crippen molar-refractivity contribution in [3.63, 3.8) is 0 Å². The summed E-state index contributed by atoms with van der Waals surface area (Å²) in [6.07, 6.45) is 0. The van der Waals surface area contributed by atoms with E-state index < -0.39 is 27.6 Å². The number of nitrogens with one attached hydrogen (secondary N) is 1. The molecular formula is C12H23NO4S. The summed E-state index contributed by atoms with van der Waals surface area (Å²) in [5, 5.41) is 1.83. The summed E-state index contributed by atoms with van der Waals surface area (Å²) >= 11 is 0. The van der Waals surface area contributed by atoms with Crippen LogP contribution in [0.1, 0.15) is 41.5 Å². The lowest BCUT2D eigenvalue weighted by Gasteiger charge is -2.22. The fourth-order valence-electron chi connectivity index (χ4n) is 1.11. The van der Waals surface area contributed by atoms with Crippen molar-refractivity contribution in [1.29, 1.82) is 0 Å². The molecule has 0 aromatic rings.